The molecule has 41 heavy (non-hydrogen) atoms. The Morgan fingerprint density at radius 3 is 2.05 bits per heavy atom. The zero-order valence-corrected chi connectivity index (χ0v) is 24.6. The number of halogens is 1. The van der Waals surface area contributed by atoms with Crippen LogP contribution in [0, 0.1) is 17.3 Å². The Hall–Kier alpha value is -2.70. The fourth-order valence-electron chi connectivity index (χ4n) is 7.78. The van der Waals surface area contributed by atoms with Gasteiger partial charge in [0.15, 0.2) is 23.9 Å². The van der Waals surface area contributed by atoms with E-state index in [-0.39, 0.29) is 12.2 Å². The molecule has 2 bridgehead atoms. The Morgan fingerprint density at radius 2 is 1.51 bits per heavy atom. The fraction of sp³-hybridized carbons (Fsp3) is 0.750. The molecule has 0 aromatic carbocycles. The molecular weight excluding hydrogens is 564 g/mol. The summed E-state index contributed by atoms with van der Waals surface area (Å²) >= 11 is 6.93. The van der Waals surface area contributed by atoms with Gasteiger partial charge in [-0.1, -0.05) is 13.5 Å². The summed E-state index contributed by atoms with van der Waals surface area (Å²) in [4.78, 5) is 63.7. The number of carbonyl (C=O) groups is 5. The Bertz CT molecular complexity index is 1200. The number of alkyl halides is 1. The van der Waals surface area contributed by atoms with Gasteiger partial charge < -0.3 is 33.2 Å². The summed E-state index contributed by atoms with van der Waals surface area (Å²) in [6.07, 6.45) is -6.51. The highest BCUT2D eigenvalue weighted by Gasteiger charge is 2.80. The summed E-state index contributed by atoms with van der Waals surface area (Å²) in [5, 5.41) is -1.05. The molecule has 0 aromatic rings. The number of epoxide rings is 1. The van der Waals surface area contributed by atoms with Crippen molar-refractivity contribution in [1.29, 1.82) is 0 Å². The fourth-order valence-corrected chi connectivity index (χ4v) is 8.15. The van der Waals surface area contributed by atoms with E-state index >= 15 is 0 Å². The Balaban J connectivity index is 1.86. The van der Waals surface area contributed by atoms with E-state index < -0.39 is 100 Å². The van der Waals surface area contributed by atoms with Crippen LogP contribution in [0.4, 0.5) is 0 Å². The summed E-state index contributed by atoms with van der Waals surface area (Å²) in [5.41, 5.74) is -3.83. The van der Waals surface area contributed by atoms with Crippen LogP contribution in [-0.2, 0) is 57.1 Å². The predicted molar refractivity (Wildman–Crippen MR) is 137 cm³/mol. The van der Waals surface area contributed by atoms with Crippen LogP contribution in [-0.4, -0.2) is 89.7 Å². The van der Waals surface area contributed by atoms with Crippen LogP contribution in [0.3, 0.4) is 0 Å². The highest BCUT2D eigenvalue weighted by Crippen LogP contribution is 2.65. The van der Waals surface area contributed by atoms with Crippen LogP contribution >= 0.6 is 11.6 Å². The van der Waals surface area contributed by atoms with Crippen molar-refractivity contribution in [2.45, 2.75) is 108 Å². The van der Waals surface area contributed by atoms with Crippen LogP contribution in [0.2, 0.25) is 0 Å². The average molecular weight is 599 g/mol. The molecule has 12 atom stereocenters. The van der Waals surface area contributed by atoms with Crippen LogP contribution in [0.1, 0.15) is 54.4 Å². The van der Waals surface area contributed by atoms with Gasteiger partial charge in [-0.25, -0.2) is 0 Å². The van der Waals surface area contributed by atoms with Gasteiger partial charge in [-0.3, -0.25) is 24.0 Å². The maximum absolute atomic E-state index is 13.2. The first-order chi connectivity index (χ1) is 19.1. The summed E-state index contributed by atoms with van der Waals surface area (Å²) in [6, 6.07) is 0. The van der Waals surface area contributed by atoms with Gasteiger partial charge in [0.1, 0.15) is 18.3 Å². The monoisotopic (exact) mass is 598 g/mol. The topological polar surface area (TPSA) is 153 Å². The molecule has 0 amide bonds. The zero-order chi connectivity index (χ0) is 30.2. The van der Waals surface area contributed by atoms with Gasteiger partial charge in [0.05, 0.1) is 28.9 Å². The van der Waals surface area contributed by atoms with E-state index in [0.717, 1.165) is 0 Å². The molecule has 13 heteroatoms. The lowest BCUT2D eigenvalue weighted by molar-refractivity contribution is -0.308. The second-order valence-electron chi connectivity index (χ2n) is 11.9. The minimum atomic E-state index is -1.69. The van der Waals surface area contributed by atoms with Crippen LogP contribution in [0.25, 0.3) is 0 Å². The quantitative estimate of drug-likeness (QED) is 0.152. The van der Waals surface area contributed by atoms with Gasteiger partial charge in [0, 0.05) is 33.6 Å². The molecule has 0 unspecified atom stereocenters. The minimum absolute atomic E-state index is 0.207. The molecule has 5 rings (SSSR count). The molecule has 1 aliphatic carbocycles. The Morgan fingerprint density at radius 1 is 0.951 bits per heavy atom. The molecule has 4 heterocycles. The lowest BCUT2D eigenvalue weighted by atomic mass is 9.51. The second-order valence-corrected chi connectivity index (χ2v) is 12.4. The number of hydrogen-bond donors (Lipinski definition) is 0. The standard InChI is InChI=1S/C28H35ClO12/c1-11-18(29)22-28(12(2)25(34)40-22)24(39-16(6)33)21-26(7,17(36-13(3)30)8-9-27(21)10-35-27)23(38-15(5)32)20(19(11)41-28)37-14(4)31/h12,17-24H,1,8-10H2,2-7H3/t12-,17+,18+,19-,20-,21-,22+,23+,24+,26+,27+,28+/m1/s1. The third-order valence-electron chi connectivity index (χ3n) is 9.46. The minimum Gasteiger partial charge on any atom is -0.462 e. The van der Waals surface area contributed by atoms with Crippen molar-refractivity contribution in [3.63, 3.8) is 0 Å². The van der Waals surface area contributed by atoms with E-state index in [1.807, 2.05) is 0 Å². The molecule has 0 aromatic heterocycles. The van der Waals surface area contributed by atoms with E-state index in [1.54, 1.807) is 13.8 Å². The lowest BCUT2D eigenvalue weighted by Gasteiger charge is -2.62. The first-order valence-corrected chi connectivity index (χ1v) is 14.1. The number of rotatable bonds is 4. The molecule has 226 valence electrons. The van der Waals surface area contributed by atoms with Gasteiger partial charge in [-0.05, 0) is 25.3 Å². The lowest BCUT2D eigenvalue weighted by Crippen LogP contribution is -2.77. The number of esters is 5. The molecule has 0 N–H and O–H groups in total. The van der Waals surface area contributed by atoms with Crippen LogP contribution in [0.5, 0.6) is 0 Å². The van der Waals surface area contributed by atoms with E-state index in [4.69, 9.17) is 44.8 Å². The Kier molecular flexibility index (Phi) is 7.22. The normalized spacial score (nSPS) is 46.2. The third kappa shape index (κ3) is 4.36. The van der Waals surface area contributed by atoms with Crippen molar-refractivity contribution >= 4 is 41.4 Å². The maximum atomic E-state index is 13.2. The first-order valence-electron chi connectivity index (χ1n) is 13.6. The van der Waals surface area contributed by atoms with Gasteiger partial charge in [0.2, 0.25) is 0 Å². The molecule has 1 saturated carbocycles. The van der Waals surface area contributed by atoms with Crippen molar-refractivity contribution in [2.24, 2.45) is 17.3 Å². The molecule has 12 nitrogen and oxygen atoms in total. The smallest absolute Gasteiger partial charge is 0.312 e. The number of hydrogen-bond acceptors (Lipinski definition) is 12. The summed E-state index contributed by atoms with van der Waals surface area (Å²) in [7, 11) is 0. The second kappa shape index (κ2) is 9.95. The highest BCUT2D eigenvalue weighted by atomic mass is 35.5. The van der Waals surface area contributed by atoms with Gasteiger partial charge >= 0.3 is 29.8 Å². The van der Waals surface area contributed by atoms with E-state index in [1.165, 1.54) is 27.7 Å². The van der Waals surface area contributed by atoms with Crippen LogP contribution < -0.4 is 0 Å². The predicted octanol–water partition coefficient (Wildman–Crippen LogP) is 1.77. The van der Waals surface area contributed by atoms with Crippen molar-refractivity contribution in [2.75, 3.05) is 6.61 Å². The van der Waals surface area contributed by atoms with Crippen molar-refractivity contribution in [3.05, 3.63) is 12.2 Å². The van der Waals surface area contributed by atoms with Crippen molar-refractivity contribution in [1.82, 2.24) is 0 Å². The molecule has 2 spiro atoms. The molecule has 4 saturated heterocycles. The summed E-state index contributed by atoms with van der Waals surface area (Å²) in [6.45, 7) is 12.5. The summed E-state index contributed by atoms with van der Waals surface area (Å²) < 4.78 is 42.4. The van der Waals surface area contributed by atoms with E-state index in [9.17, 15) is 24.0 Å². The molecule has 5 aliphatic rings. The molecule has 4 aliphatic heterocycles. The van der Waals surface area contributed by atoms with E-state index in [0.29, 0.717) is 12.8 Å². The SMILES string of the molecule is C=C1[C@H]2O[C@]3([C@H](C)C(=O)O[C@H]3[C@H]1Cl)[C@@H](OC(C)=O)[C@H]1[C@]3(CC[C@H](OC(C)=O)[C@]1(C)[C@@H](OC(C)=O)[C@@H]2OC(C)=O)CO3. The summed E-state index contributed by atoms with van der Waals surface area (Å²) in [5.74, 6) is -5.25. The Labute approximate surface area is 242 Å². The molecular formula is C28H35ClO12. The van der Waals surface area contributed by atoms with Gasteiger partial charge in [0.25, 0.3) is 0 Å². The van der Waals surface area contributed by atoms with Crippen molar-refractivity contribution in [3.8, 4) is 0 Å². The molecule has 5 fully saturated rings. The van der Waals surface area contributed by atoms with Gasteiger partial charge in [-0.2, -0.15) is 0 Å². The number of fused-ring (bicyclic) bond motifs is 3. The number of ether oxygens (including phenoxy) is 7. The van der Waals surface area contributed by atoms with Gasteiger partial charge in [-0.15, -0.1) is 11.6 Å². The number of carbonyl (C=O) groups excluding carboxylic acids is 5. The first kappa shape index (κ1) is 29.8. The largest absolute Gasteiger partial charge is 0.462 e. The van der Waals surface area contributed by atoms with Crippen LogP contribution in [0.15, 0.2) is 12.2 Å². The van der Waals surface area contributed by atoms with Crippen molar-refractivity contribution < 1.29 is 57.1 Å². The average Bonchev–Trinajstić information content (AvgIpc) is 3.58. The highest BCUT2D eigenvalue weighted by molar-refractivity contribution is 6.23. The third-order valence-corrected chi connectivity index (χ3v) is 9.97. The zero-order valence-electron chi connectivity index (χ0n) is 23.8. The molecule has 0 radical (unpaired) electrons. The van der Waals surface area contributed by atoms with E-state index in [2.05, 4.69) is 6.58 Å². The maximum Gasteiger partial charge on any atom is 0.312 e.